The second-order valence-electron chi connectivity index (χ2n) is 4.63. The number of hydrogen-bond donors (Lipinski definition) is 2. The summed E-state index contributed by atoms with van der Waals surface area (Å²) in [7, 11) is 0. The van der Waals surface area contributed by atoms with Crippen LogP contribution >= 0.6 is 0 Å². The van der Waals surface area contributed by atoms with Crippen LogP contribution in [0, 0.1) is 0 Å². The highest BCUT2D eigenvalue weighted by molar-refractivity contribution is 5.25. The number of rotatable bonds is 6. The summed E-state index contributed by atoms with van der Waals surface area (Å²) in [5, 5.41) is 12.3. The van der Waals surface area contributed by atoms with Gasteiger partial charge >= 0.3 is 0 Å². The van der Waals surface area contributed by atoms with Crippen molar-refractivity contribution < 1.29 is 13.9 Å². The maximum Gasteiger partial charge on any atom is 0.263 e. The minimum Gasteiger partial charge on any atom is -0.392 e. The summed E-state index contributed by atoms with van der Waals surface area (Å²) in [4.78, 5) is 0. The molecule has 0 aromatic heterocycles. The van der Waals surface area contributed by atoms with Gasteiger partial charge in [-0.2, -0.15) is 0 Å². The van der Waals surface area contributed by atoms with Gasteiger partial charge in [-0.25, -0.2) is 8.78 Å². The Morgan fingerprint density at radius 1 is 0.900 bits per heavy atom. The van der Waals surface area contributed by atoms with E-state index in [-0.39, 0.29) is 12.2 Å². The first kappa shape index (κ1) is 14.6. The van der Waals surface area contributed by atoms with E-state index in [2.05, 4.69) is 5.32 Å². The Hall–Kier alpha value is -1.78. The lowest BCUT2D eigenvalue weighted by Crippen LogP contribution is -2.13. The van der Waals surface area contributed by atoms with E-state index in [0.717, 1.165) is 16.7 Å². The summed E-state index contributed by atoms with van der Waals surface area (Å²) >= 11 is 0. The number of benzene rings is 2. The molecule has 0 fully saturated rings. The highest BCUT2D eigenvalue weighted by atomic mass is 19.3. The first-order chi connectivity index (χ1) is 9.69. The quantitative estimate of drug-likeness (QED) is 0.848. The molecule has 2 nitrogen and oxygen atoms in total. The Morgan fingerprint density at radius 2 is 1.50 bits per heavy atom. The first-order valence-electron chi connectivity index (χ1n) is 6.45. The minimum absolute atomic E-state index is 0.0181. The lowest BCUT2D eigenvalue weighted by molar-refractivity contribution is 0.151. The number of hydrogen-bond acceptors (Lipinski definition) is 2. The van der Waals surface area contributed by atoms with Crippen molar-refractivity contribution in [3.8, 4) is 0 Å². The highest BCUT2D eigenvalue weighted by Crippen LogP contribution is 2.19. The van der Waals surface area contributed by atoms with E-state index in [0.29, 0.717) is 13.1 Å². The monoisotopic (exact) mass is 277 g/mol. The summed E-state index contributed by atoms with van der Waals surface area (Å²) in [5.74, 6) is 0. The van der Waals surface area contributed by atoms with Crippen molar-refractivity contribution in [2.75, 3.05) is 0 Å². The van der Waals surface area contributed by atoms with Gasteiger partial charge in [-0.05, 0) is 22.8 Å². The molecule has 0 heterocycles. The van der Waals surface area contributed by atoms with E-state index >= 15 is 0 Å². The molecule has 2 aromatic carbocycles. The van der Waals surface area contributed by atoms with Gasteiger partial charge in [-0.3, -0.25) is 0 Å². The zero-order valence-electron chi connectivity index (χ0n) is 11.0. The van der Waals surface area contributed by atoms with E-state index in [9.17, 15) is 8.78 Å². The maximum absolute atomic E-state index is 12.6. The molecule has 0 unspecified atom stereocenters. The lowest BCUT2D eigenvalue weighted by atomic mass is 10.1. The Labute approximate surface area is 117 Å². The van der Waals surface area contributed by atoms with Crippen LogP contribution in [0.5, 0.6) is 0 Å². The van der Waals surface area contributed by atoms with E-state index < -0.39 is 6.43 Å². The molecule has 0 spiro atoms. The molecule has 4 heteroatoms. The van der Waals surface area contributed by atoms with E-state index in [1.807, 2.05) is 30.3 Å². The van der Waals surface area contributed by atoms with Gasteiger partial charge in [0.25, 0.3) is 6.43 Å². The van der Waals surface area contributed by atoms with Crippen LogP contribution < -0.4 is 5.32 Å². The molecule has 0 saturated carbocycles. The van der Waals surface area contributed by atoms with Gasteiger partial charge in [0.05, 0.1) is 6.61 Å². The maximum atomic E-state index is 12.6. The summed E-state index contributed by atoms with van der Waals surface area (Å²) in [6, 6.07) is 14.0. The zero-order chi connectivity index (χ0) is 14.4. The third-order valence-corrected chi connectivity index (χ3v) is 3.04. The average Bonchev–Trinajstić information content (AvgIpc) is 2.48. The van der Waals surface area contributed by atoms with Crippen LogP contribution in [0.15, 0.2) is 48.5 Å². The fraction of sp³-hybridized carbons (Fsp3) is 0.250. The van der Waals surface area contributed by atoms with Gasteiger partial charge in [-0.1, -0.05) is 42.5 Å². The largest absolute Gasteiger partial charge is 0.392 e. The number of nitrogens with one attached hydrogen (secondary N) is 1. The summed E-state index contributed by atoms with van der Waals surface area (Å²) in [5.41, 5.74) is 2.80. The predicted molar refractivity (Wildman–Crippen MR) is 74.3 cm³/mol. The number of halogens is 2. The normalized spacial score (nSPS) is 11.0. The summed E-state index contributed by atoms with van der Waals surface area (Å²) in [6.07, 6.45) is -2.43. The van der Waals surface area contributed by atoms with Crippen molar-refractivity contribution in [2.45, 2.75) is 26.1 Å². The topological polar surface area (TPSA) is 32.3 Å². The van der Waals surface area contributed by atoms with Crippen LogP contribution in [-0.2, 0) is 19.7 Å². The molecule has 106 valence electrons. The number of aliphatic hydroxyl groups is 1. The van der Waals surface area contributed by atoms with Gasteiger partial charge in [0, 0.05) is 18.7 Å². The molecule has 0 aliphatic carbocycles. The summed E-state index contributed by atoms with van der Waals surface area (Å²) in [6.45, 7) is 1.18. The summed E-state index contributed by atoms with van der Waals surface area (Å²) < 4.78 is 25.1. The second kappa shape index (κ2) is 7.12. The Bertz CT molecular complexity index is 558. The Balaban J connectivity index is 1.90. The van der Waals surface area contributed by atoms with E-state index in [1.165, 1.54) is 12.1 Å². The number of aliphatic hydroxyl groups excluding tert-OH is 1. The standard InChI is InChI=1S/C16H17F2NO/c17-16(18)15-6-2-4-13(8-15)10-19-9-12-3-1-5-14(7-12)11-20/h1-8,16,19-20H,9-11H2. The van der Waals surface area contributed by atoms with Crippen molar-refractivity contribution >= 4 is 0 Å². The molecule has 2 aromatic rings. The number of alkyl halides is 2. The van der Waals surface area contributed by atoms with E-state index in [4.69, 9.17) is 5.11 Å². The molecule has 0 aliphatic rings. The van der Waals surface area contributed by atoms with Crippen molar-refractivity contribution in [3.63, 3.8) is 0 Å². The average molecular weight is 277 g/mol. The smallest absolute Gasteiger partial charge is 0.263 e. The minimum atomic E-state index is -2.43. The van der Waals surface area contributed by atoms with Crippen LogP contribution in [0.3, 0.4) is 0 Å². The SMILES string of the molecule is OCc1cccc(CNCc2cccc(C(F)F)c2)c1. The predicted octanol–water partition coefficient (Wildman–Crippen LogP) is 3.41. The van der Waals surface area contributed by atoms with Gasteiger partial charge in [0.1, 0.15) is 0 Å². The molecule has 0 bridgehead atoms. The van der Waals surface area contributed by atoms with Gasteiger partial charge in [-0.15, -0.1) is 0 Å². The van der Waals surface area contributed by atoms with E-state index in [1.54, 1.807) is 6.07 Å². The molecule has 0 saturated heterocycles. The molecule has 0 radical (unpaired) electrons. The Kier molecular flexibility index (Phi) is 5.21. The lowest BCUT2D eigenvalue weighted by Gasteiger charge is -2.08. The fourth-order valence-corrected chi connectivity index (χ4v) is 2.03. The molecule has 2 N–H and O–H groups in total. The van der Waals surface area contributed by atoms with Gasteiger partial charge < -0.3 is 10.4 Å². The molecule has 0 amide bonds. The molecule has 0 atom stereocenters. The van der Waals surface area contributed by atoms with Crippen molar-refractivity contribution in [1.82, 2.24) is 5.32 Å². The zero-order valence-corrected chi connectivity index (χ0v) is 11.0. The molecule has 20 heavy (non-hydrogen) atoms. The van der Waals surface area contributed by atoms with Crippen LogP contribution in [0.25, 0.3) is 0 Å². The molecular formula is C16H17F2NO. The second-order valence-corrected chi connectivity index (χ2v) is 4.63. The van der Waals surface area contributed by atoms with Crippen LogP contribution in [0.1, 0.15) is 28.7 Å². The first-order valence-corrected chi connectivity index (χ1v) is 6.45. The fourth-order valence-electron chi connectivity index (χ4n) is 2.03. The van der Waals surface area contributed by atoms with Crippen LogP contribution in [-0.4, -0.2) is 5.11 Å². The highest BCUT2D eigenvalue weighted by Gasteiger charge is 2.06. The third-order valence-electron chi connectivity index (χ3n) is 3.04. The molecule has 0 aliphatic heterocycles. The van der Waals surface area contributed by atoms with Crippen molar-refractivity contribution in [1.29, 1.82) is 0 Å². The molecule has 2 rings (SSSR count). The van der Waals surface area contributed by atoms with Crippen LogP contribution in [0.4, 0.5) is 8.78 Å². The van der Waals surface area contributed by atoms with Crippen molar-refractivity contribution in [2.24, 2.45) is 0 Å². The van der Waals surface area contributed by atoms with Gasteiger partial charge in [0.15, 0.2) is 0 Å². The molecular weight excluding hydrogens is 260 g/mol. The Morgan fingerprint density at radius 3 is 2.15 bits per heavy atom. The van der Waals surface area contributed by atoms with Crippen molar-refractivity contribution in [3.05, 3.63) is 70.8 Å². The van der Waals surface area contributed by atoms with Gasteiger partial charge in [0.2, 0.25) is 0 Å². The van der Waals surface area contributed by atoms with Crippen LogP contribution in [0.2, 0.25) is 0 Å². The third kappa shape index (κ3) is 4.11.